The smallest absolute Gasteiger partial charge is 0.330 e. The molecule has 1 aliphatic heterocycles. The third-order valence-corrected chi connectivity index (χ3v) is 5.97. The lowest BCUT2D eigenvalue weighted by atomic mass is 10.0. The van der Waals surface area contributed by atoms with Crippen molar-refractivity contribution in [3.63, 3.8) is 0 Å². The van der Waals surface area contributed by atoms with Crippen molar-refractivity contribution in [3.05, 3.63) is 83.1 Å². The molecule has 0 spiro atoms. The van der Waals surface area contributed by atoms with E-state index in [9.17, 15) is 4.79 Å². The molecule has 0 aliphatic carbocycles. The van der Waals surface area contributed by atoms with Crippen molar-refractivity contribution in [2.75, 3.05) is 20.2 Å². The Morgan fingerprint density at radius 1 is 1.19 bits per heavy atom. The standard InChI is InChI=1S/C26H28N2O3/c1-19-23(26(31-27-19)22-7-4-3-5-8-22)16-18-28-17-6-9-24(28)21-13-10-20(11-14-21)12-15-25(29)30-2/h3-5,7-8,10-15,24H,6,9,16-18H2,1-2H3/t24-/m0/s1. The maximum Gasteiger partial charge on any atom is 0.330 e. The third-order valence-electron chi connectivity index (χ3n) is 5.97. The topological polar surface area (TPSA) is 55.6 Å². The zero-order chi connectivity index (χ0) is 21.6. The fraction of sp³-hybridized carbons (Fsp3) is 0.308. The summed E-state index contributed by atoms with van der Waals surface area (Å²) in [6.07, 6.45) is 6.49. The molecular formula is C26H28N2O3. The lowest BCUT2D eigenvalue weighted by molar-refractivity contribution is -0.134. The monoisotopic (exact) mass is 416 g/mol. The number of benzene rings is 2. The molecule has 160 valence electrons. The summed E-state index contributed by atoms with van der Waals surface area (Å²) in [5, 5.41) is 4.23. The van der Waals surface area contributed by atoms with Gasteiger partial charge in [0, 0.05) is 29.8 Å². The minimum Gasteiger partial charge on any atom is -0.466 e. The molecule has 1 fully saturated rings. The lowest BCUT2D eigenvalue weighted by Crippen LogP contribution is -2.26. The first-order valence-corrected chi connectivity index (χ1v) is 10.8. The van der Waals surface area contributed by atoms with Gasteiger partial charge in [-0.15, -0.1) is 0 Å². The van der Waals surface area contributed by atoms with Gasteiger partial charge in [-0.05, 0) is 49.9 Å². The molecular weight excluding hydrogens is 388 g/mol. The van der Waals surface area contributed by atoms with Crippen LogP contribution in [0.3, 0.4) is 0 Å². The molecule has 31 heavy (non-hydrogen) atoms. The molecule has 0 bridgehead atoms. The molecule has 0 N–H and O–H groups in total. The number of carbonyl (C=O) groups excluding carboxylic acids is 1. The molecule has 5 heteroatoms. The van der Waals surface area contributed by atoms with Crippen LogP contribution < -0.4 is 0 Å². The molecule has 1 aliphatic rings. The van der Waals surface area contributed by atoms with Gasteiger partial charge in [-0.2, -0.15) is 0 Å². The summed E-state index contributed by atoms with van der Waals surface area (Å²) in [5.74, 6) is 0.542. The second-order valence-electron chi connectivity index (χ2n) is 7.91. The summed E-state index contributed by atoms with van der Waals surface area (Å²) in [6.45, 7) is 4.09. The molecule has 5 nitrogen and oxygen atoms in total. The Bertz CT molecular complexity index is 1040. The van der Waals surface area contributed by atoms with E-state index in [1.165, 1.54) is 30.7 Å². The van der Waals surface area contributed by atoms with Crippen LogP contribution in [0.2, 0.25) is 0 Å². The molecule has 1 atom stereocenters. The van der Waals surface area contributed by atoms with E-state index < -0.39 is 0 Å². The quantitative estimate of drug-likeness (QED) is 0.391. The fourth-order valence-corrected chi connectivity index (χ4v) is 4.29. The highest BCUT2D eigenvalue weighted by Crippen LogP contribution is 2.33. The highest BCUT2D eigenvalue weighted by molar-refractivity contribution is 5.86. The van der Waals surface area contributed by atoms with Gasteiger partial charge in [0.1, 0.15) is 0 Å². The van der Waals surface area contributed by atoms with Gasteiger partial charge in [0.2, 0.25) is 0 Å². The van der Waals surface area contributed by atoms with Crippen LogP contribution in [0.15, 0.2) is 65.2 Å². The first kappa shape index (κ1) is 21.1. The van der Waals surface area contributed by atoms with Gasteiger partial charge in [-0.3, -0.25) is 4.90 Å². The van der Waals surface area contributed by atoms with E-state index in [-0.39, 0.29) is 5.97 Å². The van der Waals surface area contributed by atoms with E-state index >= 15 is 0 Å². The van der Waals surface area contributed by atoms with Gasteiger partial charge < -0.3 is 9.26 Å². The van der Waals surface area contributed by atoms with Gasteiger partial charge in [0.25, 0.3) is 0 Å². The van der Waals surface area contributed by atoms with Crippen molar-refractivity contribution in [2.45, 2.75) is 32.2 Å². The van der Waals surface area contributed by atoms with Crippen LogP contribution in [0.25, 0.3) is 17.4 Å². The highest BCUT2D eigenvalue weighted by Gasteiger charge is 2.26. The van der Waals surface area contributed by atoms with Gasteiger partial charge in [0.15, 0.2) is 5.76 Å². The molecule has 2 aromatic carbocycles. The second-order valence-corrected chi connectivity index (χ2v) is 7.91. The highest BCUT2D eigenvalue weighted by atomic mass is 16.5. The summed E-state index contributed by atoms with van der Waals surface area (Å²) in [6, 6.07) is 19.1. The predicted molar refractivity (Wildman–Crippen MR) is 121 cm³/mol. The van der Waals surface area contributed by atoms with Crippen LogP contribution in [0.4, 0.5) is 0 Å². The number of methoxy groups -OCH3 is 1. The van der Waals surface area contributed by atoms with Crippen molar-refractivity contribution >= 4 is 12.0 Å². The van der Waals surface area contributed by atoms with Crippen molar-refractivity contribution in [1.29, 1.82) is 0 Å². The Kier molecular flexibility index (Phi) is 6.63. The Morgan fingerprint density at radius 2 is 1.97 bits per heavy atom. The van der Waals surface area contributed by atoms with Crippen molar-refractivity contribution in [1.82, 2.24) is 10.1 Å². The second kappa shape index (κ2) is 9.75. The maximum absolute atomic E-state index is 11.3. The molecule has 4 rings (SSSR count). The normalized spacial score (nSPS) is 16.8. The van der Waals surface area contributed by atoms with Crippen LogP contribution in [0, 0.1) is 6.92 Å². The van der Waals surface area contributed by atoms with Crippen LogP contribution >= 0.6 is 0 Å². The van der Waals surface area contributed by atoms with Crippen molar-refractivity contribution in [2.24, 2.45) is 0 Å². The number of ether oxygens (including phenoxy) is 1. The van der Waals surface area contributed by atoms with E-state index in [0.29, 0.717) is 6.04 Å². The average molecular weight is 417 g/mol. The molecule has 2 heterocycles. The molecule has 0 radical (unpaired) electrons. The van der Waals surface area contributed by atoms with Gasteiger partial charge >= 0.3 is 5.97 Å². The first-order chi connectivity index (χ1) is 15.2. The van der Waals surface area contributed by atoms with E-state index in [2.05, 4.69) is 51.2 Å². The molecule has 1 saturated heterocycles. The van der Waals surface area contributed by atoms with Crippen LogP contribution in [-0.4, -0.2) is 36.2 Å². The largest absolute Gasteiger partial charge is 0.466 e. The first-order valence-electron chi connectivity index (χ1n) is 10.8. The Labute approximate surface area is 183 Å². The van der Waals surface area contributed by atoms with E-state index in [1.807, 2.05) is 25.1 Å². The van der Waals surface area contributed by atoms with Crippen molar-refractivity contribution in [3.8, 4) is 11.3 Å². The molecule has 3 aromatic rings. The number of aromatic nitrogens is 1. The summed E-state index contributed by atoms with van der Waals surface area (Å²) in [7, 11) is 1.38. The average Bonchev–Trinajstić information content (AvgIpc) is 3.43. The number of carbonyl (C=O) groups is 1. The Balaban J connectivity index is 1.44. The number of hydrogen-bond acceptors (Lipinski definition) is 5. The zero-order valence-corrected chi connectivity index (χ0v) is 18.1. The number of rotatable bonds is 7. The SMILES string of the molecule is COC(=O)C=Cc1ccc([C@@H]2CCCN2CCc2c(C)noc2-c2ccccc2)cc1. The van der Waals surface area contributed by atoms with Crippen LogP contribution in [0.1, 0.15) is 41.3 Å². The number of nitrogens with zero attached hydrogens (tertiary/aromatic N) is 2. The minimum absolute atomic E-state index is 0.343. The lowest BCUT2D eigenvalue weighted by Gasteiger charge is -2.25. The van der Waals surface area contributed by atoms with Crippen LogP contribution in [0.5, 0.6) is 0 Å². The fourth-order valence-electron chi connectivity index (χ4n) is 4.29. The van der Waals surface area contributed by atoms with Gasteiger partial charge in [-0.25, -0.2) is 4.79 Å². The molecule has 0 saturated carbocycles. The molecule has 0 amide bonds. The minimum atomic E-state index is -0.343. The van der Waals surface area contributed by atoms with Gasteiger partial charge in [0.05, 0.1) is 12.8 Å². The summed E-state index contributed by atoms with van der Waals surface area (Å²) >= 11 is 0. The van der Waals surface area contributed by atoms with E-state index in [1.54, 1.807) is 6.08 Å². The number of hydrogen-bond donors (Lipinski definition) is 0. The predicted octanol–water partition coefficient (Wildman–Crippen LogP) is 5.22. The molecule has 0 unspecified atom stereocenters. The van der Waals surface area contributed by atoms with Gasteiger partial charge in [-0.1, -0.05) is 59.8 Å². The zero-order valence-electron chi connectivity index (χ0n) is 18.1. The van der Waals surface area contributed by atoms with Crippen LogP contribution in [-0.2, 0) is 16.0 Å². The van der Waals surface area contributed by atoms with Crippen molar-refractivity contribution < 1.29 is 14.1 Å². The number of aryl methyl sites for hydroxylation is 1. The Hall–Kier alpha value is -3.18. The number of likely N-dealkylation sites (tertiary alicyclic amines) is 1. The molecule has 1 aromatic heterocycles. The Morgan fingerprint density at radius 3 is 2.71 bits per heavy atom. The van der Waals surface area contributed by atoms with E-state index in [0.717, 1.165) is 48.5 Å². The summed E-state index contributed by atoms with van der Waals surface area (Å²) < 4.78 is 10.3. The maximum atomic E-state index is 11.3. The third kappa shape index (κ3) is 4.94. The van der Waals surface area contributed by atoms with E-state index in [4.69, 9.17) is 4.52 Å². The summed E-state index contributed by atoms with van der Waals surface area (Å²) in [5.41, 5.74) is 5.55. The summed E-state index contributed by atoms with van der Waals surface area (Å²) in [4.78, 5) is 13.8. The number of esters is 1.